The molecule has 1 aliphatic carbocycles. The molecule has 1 unspecified atom stereocenters. The lowest BCUT2D eigenvalue weighted by Crippen LogP contribution is -2.34. The number of hydrogen-bond donors (Lipinski definition) is 1. The van der Waals surface area contributed by atoms with E-state index >= 15 is 0 Å². The molecule has 0 fully saturated rings. The number of aromatic nitrogens is 1. The lowest BCUT2D eigenvalue weighted by molar-refractivity contribution is 0.411. The van der Waals surface area contributed by atoms with E-state index in [9.17, 15) is 0 Å². The van der Waals surface area contributed by atoms with Crippen LogP contribution in [0.1, 0.15) is 27.4 Å². The van der Waals surface area contributed by atoms with E-state index in [4.69, 9.17) is 4.74 Å². The van der Waals surface area contributed by atoms with E-state index in [1.807, 2.05) is 6.20 Å². The van der Waals surface area contributed by atoms with Crippen LogP contribution in [0.15, 0.2) is 24.4 Å². The van der Waals surface area contributed by atoms with Crippen LogP contribution in [-0.4, -0.2) is 18.1 Å². The zero-order valence-corrected chi connectivity index (χ0v) is 12.8. The molecule has 1 aromatic heterocycles. The maximum atomic E-state index is 5.32. The molecule has 1 aliphatic rings. The van der Waals surface area contributed by atoms with E-state index in [-0.39, 0.29) is 0 Å². The normalized spacial score (nSPS) is 17.8. The van der Waals surface area contributed by atoms with Crippen LogP contribution < -0.4 is 10.1 Å². The van der Waals surface area contributed by atoms with Crippen molar-refractivity contribution in [3.8, 4) is 5.75 Å². The topological polar surface area (TPSA) is 34.1 Å². The first-order valence-corrected chi connectivity index (χ1v) is 7.87. The van der Waals surface area contributed by atoms with Crippen molar-refractivity contribution in [2.24, 2.45) is 0 Å². The quantitative estimate of drug-likeness (QED) is 0.938. The van der Waals surface area contributed by atoms with Gasteiger partial charge in [-0.1, -0.05) is 6.07 Å². The third kappa shape index (κ3) is 3.02. The molecule has 0 aliphatic heterocycles. The molecule has 4 heteroatoms. The first-order valence-electron chi connectivity index (χ1n) is 7.05. The molecule has 0 amide bonds. The van der Waals surface area contributed by atoms with Gasteiger partial charge in [-0.05, 0) is 49.4 Å². The fourth-order valence-corrected chi connectivity index (χ4v) is 3.49. The van der Waals surface area contributed by atoms with Crippen molar-refractivity contribution in [1.82, 2.24) is 10.3 Å². The van der Waals surface area contributed by atoms with Gasteiger partial charge in [0.1, 0.15) is 10.8 Å². The minimum atomic E-state index is 0.541. The molecule has 0 radical (unpaired) electrons. The van der Waals surface area contributed by atoms with Crippen LogP contribution >= 0.6 is 11.3 Å². The van der Waals surface area contributed by atoms with Gasteiger partial charge in [-0.25, -0.2) is 4.98 Å². The van der Waals surface area contributed by atoms with Gasteiger partial charge in [-0.2, -0.15) is 0 Å². The number of methoxy groups -OCH3 is 1. The highest BCUT2D eigenvalue weighted by atomic mass is 32.1. The minimum absolute atomic E-state index is 0.541. The summed E-state index contributed by atoms with van der Waals surface area (Å²) in [7, 11) is 1.73. The summed E-state index contributed by atoms with van der Waals surface area (Å²) in [5, 5.41) is 4.82. The average molecular weight is 288 g/mol. The summed E-state index contributed by atoms with van der Waals surface area (Å²) in [5.41, 5.74) is 2.89. The predicted molar refractivity (Wildman–Crippen MR) is 82.5 cm³/mol. The van der Waals surface area contributed by atoms with Crippen LogP contribution in [-0.2, 0) is 19.4 Å². The second-order valence-electron chi connectivity index (χ2n) is 5.32. The Bertz CT molecular complexity index is 594. The summed E-state index contributed by atoms with van der Waals surface area (Å²) >= 11 is 1.77. The lowest BCUT2D eigenvalue weighted by Gasteiger charge is -2.25. The largest absolute Gasteiger partial charge is 0.497 e. The Morgan fingerprint density at radius 3 is 3.05 bits per heavy atom. The van der Waals surface area contributed by atoms with Crippen LogP contribution in [0, 0.1) is 6.92 Å². The van der Waals surface area contributed by atoms with Gasteiger partial charge < -0.3 is 10.1 Å². The summed E-state index contributed by atoms with van der Waals surface area (Å²) in [4.78, 5) is 5.69. The van der Waals surface area contributed by atoms with E-state index < -0.39 is 0 Å². The maximum Gasteiger partial charge on any atom is 0.119 e. The van der Waals surface area contributed by atoms with Crippen molar-refractivity contribution in [3.63, 3.8) is 0 Å². The molecular formula is C16H20N2OS. The fraction of sp³-hybridized carbons (Fsp3) is 0.438. The van der Waals surface area contributed by atoms with E-state index in [2.05, 4.69) is 35.4 Å². The van der Waals surface area contributed by atoms with Crippen molar-refractivity contribution in [1.29, 1.82) is 0 Å². The number of hydrogen-bond acceptors (Lipinski definition) is 4. The summed E-state index contributed by atoms with van der Waals surface area (Å²) in [5.74, 6) is 0.958. The Hall–Kier alpha value is -1.39. The highest BCUT2D eigenvalue weighted by Gasteiger charge is 2.18. The van der Waals surface area contributed by atoms with Gasteiger partial charge in [0.05, 0.1) is 7.11 Å². The highest BCUT2D eigenvalue weighted by Crippen LogP contribution is 2.25. The van der Waals surface area contributed by atoms with Gasteiger partial charge in [0.15, 0.2) is 0 Å². The van der Waals surface area contributed by atoms with Crippen molar-refractivity contribution in [2.45, 2.75) is 38.8 Å². The first-order chi connectivity index (χ1) is 9.74. The van der Waals surface area contributed by atoms with Crippen molar-refractivity contribution < 1.29 is 4.74 Å². The second kappa shape index (κ2) is 5.94. The number of aryl methyl sites for hydroxylation is 2. The van der Waals surface area contributed by atoms with Gasteiger partial charge in [0, 0.05) is 23.7 Å². The molecule has 20 heavy (non-hydrogen) atoms. The van der Waals surface area contributed by atoms with E-state index in [0.29, 0.717) is 6.04 Å². The van der Waals surface area contributed by atoms with Gasteiger partial charge >= 0.3 is 0 Å². The number of nitrogens with zero attached hydrogens (tertiary/aromatic N) is 1. The fourth-order valence-electron chi connectivity index (χ4n) is 2.75. The Morgan fingerprint density at radius 2 is 2.30 bits per heavy atom. The number of thiazole rings is 1. The van der Waals surface area contributed by atoms with Crippen molar-refractivity contribution in [2.75, 3.05) is 7.11 Å². The monoisotopic (exact) mass is 288 g/mol. The van der Waals surface area contributed by atoms with Crippen LogP contribution in [0.5, 0.6) is 5.75 Å². The molecule has 3 nitrogen and oxygen atoms in total. The smallest absolute Gasteiger partial charge is 0.119 e. The Balaban J connectivity index is 1.62. The van der Waals surface area contributed by atoms with Crippen LogP contribution in [0.25, 0.3) is 0 Å². The third-order valence-electron chi connectivity index (χ3n) is 3.85. The van der Waals surface area contributed by atoms with Gasteiger partial charge in [-0.15, -0.1) is 11.3 Å². The SMILES string of the molecule is COc1ccc2c(c1)CC(NCc1ncc(C)s1)CC2. The Labute approximate surface area is 124 Å². The Kier molecular flexibility index (Phi) is 4.03. The number of benzene rings is 1. The van der Waals surface area contributed by atoms with Crippen LogP contribution in [0.3, 0.4) is 0 Å². The zero-order valence-electron chi connectivity index (χ0n) is 12.0. The molecule has 0 spiro atoms. The summed E-state index contributed by atoms with van der Waals surface area (Å²) in [6.07, 6.45) is 5.37. The molecular weight excluding hydrogens is 268 g/mol. The highest BCUT2D eigenvalue weighted by molar-refractivity contribution is 7.11. The van der Waals surface area contributed by atoms with Crippen molar-refractivity contribution in [3.05, 3.63) is 45.4 Å². The molecule has 106 valence electrons. The third-order valence-corrected chi connectivity index (χ3v) is 4.77. The molecule has 1 N–H and O–H groups in total. The van der Waals surface area contributed by atoms with E-state index in [1.165, 1.54) is 27.4 Å². The lowest BCUT2D eigenvalue weighted by atomic mass is 9.88. The minimum Gasteiger partial charge on any atom is -0.497 e. The van der Waals surface area contributed by atoms with Gasteiger partial charge in [0.25, 0.3) is 0 Å². The predicted octanol–water partition coefficient (Wildman–Crippen LogP) is 3.11. The molecule has 3 rings (SSSR count). The van der Waals surface area contributed by atoms with Crippen molar-refractivity contribution >= 4 is 11.3 Å². The molecule has 0 saturated carbocycles. The summed E-state index contributed by atoms with van der Waals surface area (Å²) in [6, 6.07) is 6.98. The van der Waals surface area contributed by atoms with Crippen LogP contribution in [0.2, 0.25) is 0 Å². The van der Waals surface area contributed by atoms with Gasteiger partial charge in [0.2, 0.25) is 0 Å². The average Bonchev–Trinajstić information content (AvgIpc) is 2.90. The molecule has 0 saturated heterocycles. The van der Waals surface area contributed by atoms with Gasteiger partial charge in [-0.3, -0.25) is 0 Å². The van der Waals surface area contributed by atoms with E-state index in [0.717, 1.165) is 25.1 Å². The maximum absolute atomic E-state index is 5.32. The summed E-state index contributed by atoms with van der Waals surface area (Å²) < 4.78 is 5.32. The molecule has 1 aromatic carbocycles. The standard InChI is InChI=1S/C16H20N2OS/c1-11-9-18-16(20-11)10-17-14-5-3-12-4-6-15(19-2)8-13(12)7-14/h4,6,8-9,14,17H,3,5,7,10H2,1-2H3. The number of fused-ring (bicyclic) bond motifs is 1. The first kappa shape index (κ1) is 13.6. The van der Waals surface area contributed by atoms with E-state index in [1.54, 1.807) is 18.4 Å². The second-order valence-corrected chi connectivity index (χ2v) is 6.64. The Morgan fingerprint density at radius 1 is 1.40 bits per heavy atom. The van der Waals surface area contributed by atoms with Crippen LogP contribution in [0.4, 0.5) is 0 Å². The molecule has 1 atom stereocenters. The molecule has 1 heterocycles. The number of nitrogens with one attached hydrogen (secondary N) is 1. The zero-order chi connectivity index (χ0) is 13.9. The number of ether oxygens (including phenoxy) is 1. The molecule has 0 bridgehead atoms. The summed E-state index contributed by atoms with van der Waals surface area (Å²) in [6.45, 7) is 2.98. The number of rotatable bonds is 4. The molecule has 2 aromatic rings.